The molecule has 0 aliphatic carbocycles. The van der Waals surface area contributed by atoms with Crippen LogP contribution in [0, 0.1) is 13.8 Å². The van der Waals surface area contributed by atoms with E-state index in [0.717, 1.165) is 34.1 Å². The fourth-order valence-electron chi connectivity index (χ4n) is 5.14. The van der Waals surface area contributed by atoms with E-state index in [-0.39, 0.29) is 12.1 Å². The highest BCUT2D eigenvalue weighted by molar-refractivity contribution is 7.80. The molecule has 37 heavy (non-hydrogen) atoms. The van der Waals surface area contributed by atoms with Crippen molar-refractivity contribution in [2.45, 2.75) is 25.9 Å². The first-order chi connectivity index (χ1) is 17.8. The molecule has 8 heteroatoms. The van der Waals surface area contributed by atoms with Gasteiger partial charge in [-0.15, -0.1) is 0 Å². The zero-order valence-corrected chi connectivity index (χ0v) is 23.1. The highest BCUT2D eigenvalue weighted by atomic mass is 35.5. The predicted molar refractivity (Wildman–Crippen MR) is 156 cm³/mol. The molecule has 1 aliphatic heterocycles. The van der Waals surface area contributed by atoms with E-state index in [2.05, 4.69) is 68.8 Å². The highest BCUT2D eigenvalue weighted by Gasteiger charge is 2.42. The van der Waals surface area contributed by atoms with Gasteiger partial charge in [-0.3, -0.25) is 4.98 Å². The van der Waals surface area contributed by atoms with Crippen molar-refractivity contribution in [3.63, 3.8) is 0 Å². The first-order valence-electron chi connectivity index (χ1n) is 12.1. The summed E-state index contributed by atoms with van der Waals surface area (Å²) in [6.07, 6.45) is 1.82. The predicted octanol–water partition coefficient (Wildman–Crippen LogP) is 6.39. The summed E-state index contributed by atoms with van der Waals surface area (Å²) in [6.45, 7) is 4.31. The van der Waals surface area contributed by atoms with Gasteiger partial charge in [0.25, 0.3) is 0 Å². The summed E-state index contributed by atoms with van der Waals surface area (Å²) in [6, 6.07) is 22.3. The number of hydrogen-bond acceptors (Lipinski definition) is 4. The molecule has 1 N–H and O–H groups in total. The number of nitrogens with zero attached hydrogens (tertiary/aromatic N) is 4. The molecule has 2 aromatic heterocycles. The minimum absolute atomic E-state index is 0.132. The van der Waals surface area contributed by atoms with Crippen LogP contribution in [0.4, 0.5) is 11.4 Å². The second kappa shape index (κ2) is 10.1. The van der Waals surface area contributed by atoms with Gasteiger partial charge in [-0.05, 0) is 92.3 Å². The Morgan fingerprint density at radius 3 is 2.35 bits per heavy atom. The number of thiocarbonyl (C=S) groups is 1. The van der Waals surface area contributed by atoms with Gasteiger partial charge in [0.05, 0.1) is 29.9 Å². The summed E-state index contributed by atoms with van der Waals surface area (Å²) in [4.78, 5) is 8.92. The molecule has 4 aromatic rings. The standard InChI is InChI=1S/C29H30ClN5OS/c1-18-16-23(19(2)34(18)21-11-9-20(10-12-21)33(3)4)28-27(25-8-6-7-15-31-25)32-29(37)35(28)22-13-14-26(36-5)24(30)17-22/h6-17,27-28H,1-5H3,(H,32,37)/t27-,28+/m1/s1. The quantitative estimate of drug-likeness (QED) is 0.291. The van der Waals surface area contributed by atoms with Gasteiger partial charge in [-0.2, -0.15) is 0 Å². The summed E-state index contributed by atoms with van der Waals surface area (Å²) in [5.41, 5.74) is 7.57. The maximum Gasteiger partial charge on any atom is 0.174 e. The van der Waals surface area contributed by atoms with Gasteiger partial charge in [0.2, 0.25) is 0 Å². The molecule has 3 heterocycles. The normalized spacial score (nSPS) is 17.1. The van der Waals surface area contributed by atoms with Crippen LogP contribution in [-0.2, 0) is 0 Å². The largest absolute Gasteiger partial charge is 0.495 e. The molecule has 0 saturated carbocycles. The van der Waals surface area contributed by atoms with Crippen molar-refractivity contribution in [2.24, 2.45) is 0 Å². The third-order valence-electron chi connectivity index (χ3n) is 6.92. The minimum Gasteiger partial charge on any atom is -0.495 e. The average molecular weight is 532 g/mol. The number of pyridine rings is 1. The fraction of sp³-hybridized carbons (Fsp3) is 0.241. The number of hydrogen-bond donors (Lipinski definition) is 1. The van der Waals surface area contributed by atoms with Gasteiger partial charge in [0.15, 0.2) is 5.11 Å². The van der Waals surface area contributed by atoms with E-state index in [9.17, 15) is 0 Å². The number of methoxy groups -OCH3 is 1. The van der Waals surface area contributed by atoms with Crippen LogP contribution in [0.5, 0.6) is 5.75 Å². The molecular formula is C29H30ClN5OS. The first kappa shape index (κ1) is 25.1. The molecule has 0 spiro atoms. The SMILES string of the molecule is COc1ccc(N2C(=S)N[C@H](c3ccccn3)[C@@H]2c2cc(C)n(-c3ccc(N(C)C)cc3)c2C)cc1Cl. The number of nitrogens with one attached hydrogen (secondary N) is 1. The first-order valence-corrected chi connectivity index (χ1v) is 12.9. The van der Waals surface area contributed by atoms with E-state index in [1.165, 1.54) is 5.56 Å². The summed E-state index contributed by atoms with van der Waals surface area (Å²) < 4.78 is 7.68. The molecule has 190 valence electrons. The zero-order chi connectivity index (χ0) is 26.3. The number of rotatable bonds is 6. The van der Waals surface area contributed by atoms with E-state index >= 15 is 0 Å². The van der Waals surface area contributed by atoms with Gasteiger partial charge < -0.3 is 24.4 Å². The van der Waals surface area contributed by atoms with Crippen LogP contribution in [0.1, 0.15) is 34.7 Å². The van der Waals surface area contributed by atoms with Gasteiger partial charge in [0.1, 0.15) is 5.75 Å². The third kappa shape index (κ3) is 4.54. The Kier molecular flexibility index (Phi) is 6.84. The topological polar surface area (TPSA) is 45.6 Å². The lowest BCUT2D eigenvalue weighted by Gasteiger charge is -2.28. The van der Waals surface area contributed by atoms with Crippen molar-refractivity contribution in [3.05, 3.63) is 101 Å². The van der Waals surface area contributed by atoms with Crippen molar-refractivity contribution in [2.75, 3.05) is 31.0 Å². The van der Waals surface area contributed by atoms with Crippen LogP contribution in [0.3, 0.4) is 0 Å². The van der Waals surface area contributed by atoms with Crippen molar-refractivity contribution < 1.29 is 4.74 Å². The maximum absolute atomic E-state index is 6.54. The molecule has 0 unspecified atom stereocenters. The van der Waals surface area contributed by atoms with Crippen LogP contribution in [0.2, 0.25) is 5.02 Å². The average Bonchev–Trinajstić information content (AvgIpc) is 3.39. The summed E-state index contributed by atoms with van der Waals surface area (Å²) >= 11 is 12.4. The molecule has 1 saturated heterocycles. The minimum atomic E-state index is -0.139. The smallest absolute Gasteiger partial charge is 0.174 e. The molecular weight excluding hydrogens is 502 g/mol. The van der Waals surface area contributed by atoms with Crippen LogP contribution in [0.15, 0.2) is 72.9 Å². The van der Waals surface area contributed by atoms with Crippen molar-refractivity contribution in [1.29, 1.82) is 0 Å². The van der Waals surface area contributed by atoms with E-state index in [1.54, 1.807) is 7.11 Å². The number of halogens is 1. The number of anilines is 2. The Hall–Kier alpha value is -3.55. The molecule has 5 rings (SSSR count). The molecule has 0 radical (unpaired) electrons. The van der Waals surface area contributed by atoms with Crippen LogP contribution < -0.4 is 19.9 Å². The second-order valence-corrected chi connectivity index (χ2v) is 10.2. The molecule has 1 fully saturated rings. The number of benzene rings is 2. The van der Waals surface area contributed by atoms with E-state index in [0.29, 0.717) is 15.9 Å². The highest BCUT2D eigenvalue weighted by Crippen LogP contribution is 2.45. The van der Waals surface area contributed by atoms with Crippen LogP contribution >= 0.6 is 23.8 Å². The summed E-state index contributed by atoms with van der Waals surface area (Å²) in [5, 5.41) is 4.70. The van der Waals surface area contributed by atoms with E-state index in [1.807, 2.05) is 56.7 Å². The molecule has 0 bridgehead atoms. The summed E-state index contributed by atoms with van der Waals surface area (Å²) in [7, 11) is 5.71. The van der Waals surface area contributed by atoms with Gasteiger partial charge in [-0.1, -0.05) is 17.7 Å². The van der Waals surface area contributed by atoms with Gasteiger partial charge in [-0.25, -0.2) is 0 Å². The third-order valence-corrected chi connectivity index (χ3v) is 7.53. The van der Waals surface area contributed by atoms with Crippen molar-refractivity contribution in [1.82, 2.24) is 14.9 Å². The Labute approximate surface area is 228 Å². The number of aromatic nitrogens is 2. The molecule has 2 aromatic carbocycles. The van der Waals surface area contributed by atoms with Crippen molar-refractivity contribution in [3.8, 4) is 11.4 Å². The Morgan fingerprint density at radius 2 is 1.73 bits per heavy atom. The second-order valence-electron chi connectivity index (χ2n) is 9.39. The number of aryl methyl sites for hydroxylation is 1. The lowest BCUT2D eigenvalue weighted by Crippen LogP contribution is -2.29. The van der Waals surface area contributed by atoms with Gasteiger partial charge >= 0.3 is 0 Å². The lowest BCUT2D eigenvalue weighted by molar-refractivity contribution is 0.415. The Morgan fingerprint density at radius 1 is 1.00 bits per heavy atom. The maximum atomic E-state index is 6.54. The molecule has 1 aliphatic rings. The monoisotopic (exact) mass is 531 g/mol. The fourth-order valence-corrected chi connectivity index (χ4v) is 5.74. The Bertz CT molecular complexity index is 1430. The van der Waals surface area contributed by atoms with Crippen LogP contribution in [0.25, 0.3) is 5.69 Å². The van der Waals surface area contributed by atoms with Crippen molar-refractivity contribution >= 4 is 40.3 Å². The summed E-state index contributed by atoms with van der Waals surface area (Å²) in [5.74, 6) is 0.626. The van der Waals surface area contributed by atoms with Gasteiger partial charge in [0, 0.05) is 48.7 Å². The number of ether oxygens (including phenoxy) is 1. The van der Waals surface area contributed by atoms with E-state index < -0.39 is 0 Å². The van der Waals surface area contributed by atoms with E-state index in [4.69, 9.17) is 28.6 Å². The van der Waals surface area contributed by atoms with Crippen LogP contribution in [-0.4, -0.2) is 35.9 Å². The molecule has 2 atom stereocenters. The zero-order valence-electron chi connectivity index (χ0n) is 21.6. The lowest BCUT2D eigenvalue weighted by atomic mass is 9.96. The molecule has 0 amide bonds. The Balaban J connectivity index is 1.65. The molecule has 6 nitrogen and oxygen atoms in total.